The van der Waals surface area contributed by atoms with Crippen molar-refractivity contribution < 1.29 is 14.3 Å². The minimum Gasteiger partial charge on any atom is -0.497 e. The molecule has 4 nitrogen and oxygen atoms in total. The summed E-state index contributed by atoms with van der Waals surface area (Å²) in [5.74, 6) is 1.69. The fourth-order valence-electron chi connectivity index (χ4n) is 4.46. The molecule has 0 aromatic heterocycles. The van der Waals surface area contributed by atoms with Crippen molar-refractivity contribution in [3.05, 3.63) is 58.7 Å². The van der Waals surface area contributed by atoms with Crippen LogP contribution in [-0.4, -0.2) is 19.1 Å². The molecule has 2 unspecified atom stereocenters. The highest BCUT2D eigenvalue weighted by atomic mass is 16.5. The van der Waals surface area contributed by atoms with E-state index in [-0.39, 0.29) is 11.9 Å². The van der Waals surface area contributed by atoms with Crippen molar-refractivity contribution in [3.63, 3.8) is 0 Å². The van der Waals surface area contributed by atoms with Gasteiger partial charge in [0.05, 0.1) is 13.2 Å². The molecule has 0 aliphatic heterocycles. The molecule has 2 aliphatic carbocycles. The molecule has 2 aromatic rings. The van der Waals surface area contributed by atoms with Gasteiger partial charge in [-0.05, 0) is 92.3 Å². The van der Waals surface area contributed by atoms with Crippen LogP contribution in [0, 0.1) is 0 Å². The Morgan fingerprint density at radius 3 is 2.75 bits per heavy atom. The Kier molecular flexibility index (Phi) is 5.56. The van der Waals surface area contributed by atoms with Gasteiger partial charge in [-0.1, -0.05) is 18.2 Å². The van der Waals surface area contributed by atoms with Crippen LogP contribution in [0.3, 0.4) is 0 Å². The molecule has 2 aromatic carbocycles. The van der Waals surface area contributed by atoms with E-state index >= 15 is 0 Å². The zero-order valence-electron chi connectivity index (χ0n) is 16.8. The van der Waals surface area contributed by atoms with Gasteiger partial charge in [-0.2, -0.15) is 0 Å². The molecular weight excluding hydrogens is 350 g/mol. The number of fused-ring (bicyclic) bond motifs is 2. The predicted molar refractivity (Wildman–Crippen MR) is 110 cm³/mol. The van der Waals surface area contributed by atoms with Crippen LogP contribution >= 0.6 is 0 Å². The maximum atomic E-state index is 12.9. The monoisotopic (exact) mass is 379 g/mol. The van der Waals surface area contributed by atoms with Crippen molar-refractivity contribution in [2.75, 3.05) is 7.11 Å². The van der Waals surface area contributed by atoms with Crippen LogP contribution in [0.15, 0.2) is 36.4 Å². The summed E-state index contributed by atoms with van der Waals surface area (Å²) in [6, 6.07) is 12.4. The van der Waals surface area contributed by atoms with Gasteiger partial charge in [0.2, 0.25) is 0 Å². The van der Waals surface area contributed by atoms with Gasteiger partial charge in [-0.15, -0.1) is 0 Å². The average Bonchev–Trinajstić information content (AvgIpc) is 2.73. The maximum absolute atomic E-state index is 12.9. The van der Waals surface area contributed by atoms with Gasteiger partial charge in [-0.3, -0.25) is 4.79 Å². The van der Waals surface area contributed by atoms with Crippen molar-refractivity contribution in [1.29, 1.82) is 0 Å². The second-order valence-corrected chi connectivity index (χ2v) is 7.88. The number of methoxy groups -OCH3 is 1. The summed E-state index contributed by atoms with van der Waals surface area (Å²) in [4.78, 5) is 12.9. The van der Waals surface area contributed by atoms with E-state index in [4.69, 9.17) is 9.47 Å². The van der Waals surface area contributed by atoms with Crippen molar-refractivity contribution in [1.82, 2.24) is 5.32 Å². The number of carbonyl (C=O) groups excluding carboxylic acids is 1. The first kappa shape index (κ1) is 18.9. The van der Waals surface area contributed by atoms with E-state index in [0.29, 0.717) is 0 Å². The minimum atomic E-state index is -0.517. The summed E-state index contributed by atoms with van der Waals surface area (Å²) < 4.78 is 11.4. The van der Waals surface area contributed by atoms with Crippen molar-refractivity contribution in [2.45, 2.75) is 64.0 Å². The highest BCUT2D eigenvalue weighted by Gasteiger charge is 2.26. The smallest absolute Gasteiger partial charge is 0.261 e. The van der Waals surface area contributed by atoms with Crippen LogP contribution in [0.1, 0.15) is 60.9 Å². The normalized spacial score (nSPS) is 19.1. The van der Waals surface area contributed by atoms with Gasteiger partial charge in [0.1, 0.15) is 11.5 Å². The summed E-state index contributed by atoms with van der Waals surface area (Å²) in [5.41, 5.74) is 5.11. The molecule has 1 amide bonds. The molecule has 0 spiro atoms. The van der Waals surface area contributed by atoms with E-state index in [2.05, 4.69) is 23.5 Å². The topological polar surface area (TPSA) is 47.6 Å². The third kappa shape index (κ3) is 3.87. The molecule has 2 atom stereocenters. The third-order valence-corrected chi connectivity index (χ3v) is 6.01. The van der Waals surface area contributed by atoms with Crippen LogP contribution in [0.4, 0.5) is 0 Å². The van der Waals surface area contributed by atoms with Crippen LogP contribution in [-0.2, 0) is 24.1 Å². The zero-order valence-corrected chi connectivity index (χ0v) is 16.8. The SMILES string of the molecule is COc1ccc2c(c1)CCCC2NC(=O)C(C)Oc1cccc2c1CCCC2. The molecule has 0 heterocycles. The van der Waals surface area contributed by atoms with Gasteiger partial charge in [0, 0.05) is 0 Å². The Hall–Kier alpha value is -2.49. The second-order valence-electron chi connectivity index (χ2n) is 7.88. The molecule has 0 fully saturated rings. The maximum Gasteiger partial charge on any atom is 0.261 e. The fraction of sp³-hybridized carbons (Fsp3) is 0.458. The molecule has 1 N–H and O–H groups in total. The number of rotatable bonds is 5. The lowest BCUT2D eigenvalue weighted by Gasteiger charge is -2.28. The van der Waals surface area contributed by atoms with Crippen molar-refractivity contribution in [3.8, 4) is 11.5 Å². The number of hydrogen-bond donors (Lipinski definition) is 1. The first-order valence-corrected chi connectivity index (χ1v) is 10.4. The van der Waals surface area contributed by atoms with Crippen LogP contribution < -0.4 is 14.8 Å². The lowest BCUT2D eigenvalue weighted by Crippen LogP contribution is -2.39. The molecule has 4 heteroatoms. The van der Waals surface area contributed by atoms with Crippen LogP contribution in [0.5, 0.6) is 11.5 Å². The van der Waals surface area contributed by atoms with E-state index in [0.717, 1.165) is 43.6 Å². The standard InChI is InChI=1S/C24H29NO3/c1-16(28-23-12-6-8-17-7-3-4-10-21(17)23)24(26)25-22-11-5-9-18-15-19(27-2)13-14-20(18)22/h6,8,12-16,22H,3-5,7,9-11H2,1-2H3,(H,25,26). The average molecular weight is 380 g/mol. The number of aryl methyl sites for hydroxylation is 2. The molecule has 0 saturated heterocycles. The van der Waals surface area contributed by atoms with Crippen molar-refractivity contribution in [2.24, 2.45) is 0 Å². The molecule has 2 aliphatic rings. The molecule has 0 radical (unpaired) electrons. The lowest BCUT2D eigenvalue weighted by atomic mass is 9.87. The van der Waals surface area contributed by atoms with E-state index in [1.807, 2.05) is 25.1 Å². The number of nitrogens with one attached hydrogen (secondary N) is 1. The largest absolute Gasteiger partial charge is 0.497 e. The molecule has 0 saturated carbocycles. The molecule has 148 valence electrons. The van der Waals surface area contributed by atoms with Gasteiger partial charge in [-0.25, -0.2) is 0 Å². The third-order valence-electron chi connectivity index (χ3n) is 6.01. The molecular formula is C24H29NO3. The quantitative estimate of drug-likeness (QED) is 0.830. The molecule has 0 bridgehead atoms. The van der Waals surface area contributed by atoms with Gasteiger partial charge in [0.25, 0.3) is 5.91 Å². The van der Waals surface area contributed by atoms with Crippen molar-refractivity contribution >= 4 is 5.91 Å². The Morgan fingerprint density at radius 1 is 1.07 bits per heavy atom. The van der Waals surface area contributed by atoms with Crippen LogP contribution in [0.2, 0.25) is 0 Å². The highest BCUT2D eigenvalue weighted by Crippen LogP contribution is 2.33. The minimum absolute atomic E-state index is 0.0397. The summed E-state index contributed by atoms with van der Waals surface area (Å²) in [7, 11) is 1.69. The van der Waals surface area contributed by atoms with E-state index in [1.165, 1.54) is 35.1 Å². The Labute approximate surface area is 167 Å². The van der Waals surface area contributed by atoms with E-state index in [1.54, 1.807) is 7.11 Å². The number of ether oxygens (including phenoxy) is 2. The number of benzene rings is 2. The van der Waals surface area contributed by atoms with Gasteiger partial charge < -0.3 is 14.8 Å². The summed E-state index contributed by atoms with van der Waals surface area (Å²) in [6.45, 7) is 1.84. The molecule has 4 rings (SSSR count). The lowest BCUT2D eigenvalue weighted by molar-refractivity contribution is -0.128. The Morgan fingerprint density at radius 2 is 1.89 bits per heavy atom. The van der Waals surface area contributed by atoms with Crippen LogP contribution in [0.25, 0.3) is 0 Å². The first-order valence-electron chi connectivity index (χ1n) is 10.4. The summed E-state index contributed by atoms with van der Waals surface area (Å²) >= 11 is 0. The van der Waals surface area contributed by atoms with Gasteiger partial charge in [0.15, 0.2) is 6.10 Å². The number of carbonyl (C=O) groups is 1. The zero-order chi connectivity index (χ0) is 19.5. The highest BCUT2D eigenvalue weighted by molar-refractivity contribution is 5.81. The summed E-state index contributed by atoms with van der Waals surface area (Å²) in [6.07, 6.45) is 7.10. The van der Waals surface area contributed by atoms with E-state index in [9.17, 15) is 4.79 Å². The number of amides is 1. The predicted octanol–water partition coefficient (Wildman–Crippen LogP) is 4.54. The summed E-state index contributed by atoms with van der Waals surface area (Å²) in [5, 5.41) is 3.21. The second kappa shape index (κ2) is 8.26. The fourth-order valence-corrected chi connectivity index (χ4v) is 4.46. The Bertz CT molecular complexity index is 861. The molecule has 28 heavy (non-hydrogen) atoms. The number of hydrogen-bond acceptors (Lipinski definition) is 3. The first-order chi connectivity index (χ1) is 13.7. The van der Waals surface area contributed by atoms with E-state index < -0.39 is 6.10 Å². The Balaban J connectivity index is 1.45. The van der Waals surface area contributed by atoms with Gasteiger partial charge >= 0.3 is 0 Å².